The number of hydrogen-bond donors (Lipinski definition) is 0. The molecule has 0 bridgehead atoms. The minimum absolute atomic E-state index is 0.557. The van der Waals surface area contributed by atoms with Crippen LogP contribution in [-0.4, -0.2) is 50.8 Å². The molecule has 22 heavy (non-hydrogen) atoms. The van der Waals surface area contributed by atoms with Gasteiger partial charge in [-0.25, -0.2) is 4.31 Å². The zero-order chi connectivity index (χ0) is 17.0. The number of nitrogens with zero attached hydrogens (tertiary/aromatic N) is 1. The number of rotatable bonds is 14. The van der Waals surface area contributed by atoms with Gasteiger partial charge in [0.1, 0.15) is 0 Å². The first-order chi connectivity index (χ1) is 10.4. The van der Waals surface area contributed by atoms with Crippen LogP contribution in [0.4, 0.5) is 0 Å². The van der Waals surface area contributed by atoms with Crippen molar-refractivity contribution in [1.82, 2.24) is 4.31 Å². The molecule has 0 N–H and O–H groups in total. The first kappa shape index (κ1) is 22.8. The highest BCUT2D eigenvalue weighted by molar-refractivity contribution is 8.75. The maximum atomic E-state index is 5.88. The molecule has 0 saturated carbocycles. The van der Waals surface area contributed by atoms with E-state index in [0.29, 0.717) is 31.9 Å². The first-order valence-corrected chi connectivity index (χ1v) is 12.6. The van der Waals surface area contributed by atoms with E-state index in [1.165, 1.54) is 0 Å². The van der Waals surface area contributed by atoms with Crippen LogP contribution in [0.2, 0.25) is 6.04 Å². The molecule has 0 rings (SSSR count). The molecule has 0 aromatic heterocycles. The lowest BCUT2D eigenvalue weighted by molar-refractivity contribution is 0.0712. The first-order valence-electron chi connectivity index (χ1n) is 8.42. The fourth-order valence-electron chi connectivity index (χ4n) is 2.22. The van der Waals surface area contributed by atoms with Crippen LogP contribution in [0.5, 0.6) is 0 Å². The second-order valence-electron chi connectivity index (χ2n) is 5.53. The number of hydrogen-bond acceptors (Lipinski definition) is 6. The summed E-state index contributed by atoms with van der Waals surface area (Å²) in [6, 6.07) is 2.02. The van der Waals surface area contributed by atoms with Crippen molar-refractivity contribution >= 4 is 30.6 Å². The van der Waals surface area contributed by atoms with E-state index in [4.69, 9.17) is 13.3 Å². The SMILES string of the molecule is CCO[Si](CCCSSN(C(C)C)C(C)C)(OCC)OCC. The molecule has 0 amide bonds. The smallest absolute Gasteiger partial charge is 0.374 e. The Morgan fingerprint density at radius 2 is 1.32 bits per heavy atom. The van der Waals surface area contributed by atoms with Crippen LogP contribution in [0.1, 0.15) is 54.9 Å². The Labute approximate surface area is 146 Å². The standard InChI is InChI=1S/C15H35NO3S2Si/c1-8-17-22(18-9-2,19-10-3)13-11-12-20-21-16(14(4)5)15(6)7/h14-15H,8-13H2,1-7H3. The Hall–Kier alpha value is 0.757. The van der Waals surface area contributed by atoms with Crippen LogP contribution < -0.4 is 0 Å². The summed E-state index contributed by atoms with van der Waals surface area (Å²) in [5.74, 6) is 1.09. The summed E-state index contributed by atoms with van der Waals surface area (Å²) in [7, 11) is 1.33. The molecule has 0 aliphatic heterocycles. The van der Waals surface area contributed by atoms with Crippen LogP contribution in [0.15, 0.2) is 0 Å². The molecule has 134 valence electrons. The highest BCUT2D eigenvalue weighted by Crippen LogP contribution is 2.31. The fraction of sp³-hybridized carbons (Fsp3) is 1.00. The second kappa shape index (κ2) is 13.1. The van der Waals surface area contributed by atoms with Crippen LogP contribution in [-0.2, 0) is 13.3 Å². The fourth-order valence-corrected chi connectivity index (χ4v) is 7.86. The topological polar surface area (TPSA) is 30.9 Å². The lowest BCUT2D eigenvalue weighted by atomic mass is 10.3. The molecule has 0 aliphatic rings. The van der Waals surface area contributed by atoms with Gasteiger partial charge in [-0.1, -0.05) is 10.8 Å². The summed E-state index contributed by atoms with van der Waals surface area (Å²) in [6.07, 6.45) is 1.06. The Balaban J connectivity index is 4.21. The molecular weight excluding hydrogens is 334 g/mol. The molecule has 0 atom stereocenters. The molecule has 0 saturated heterocycles. The van der Waals surface area contributed by atoms with Crippen molar-refractivity contribution in [2.45, 2.75) is 73.0 Å². The third-order valence-corrected chi connectivity index (χ3v) is 9.02. The van der Waals surface area contributed by atoms with Crippen molar-refractivity contribution in [1.29, 1.82) is 0 Å². The van der Waals surface area contributed by atoms with E-state index in [1.54, 1.807) is 0 Å². The monoisotopic (exact) mass is 369 g/mol. The third kappa shape index (κ3) is 9.15. The molecule has 4 nitrogen and oxygen atoms in total. The van der Waals surface area contributed by atoms with Crippen molar-refractivity contribution in [2.24, 2.45) is 0 Å². The van der Waals surface area contributed by atoms with E-state index in [9.17, 15) is 0 Å². The molecule has 0 heterocycles. The average Bonchev–Trinajstić information content (AvgIpc) is 2.42. The maximum absolute atomic E-state index is 5.88. The predicted octanol–water partition coefficient (Wildman–Crippen LogP) is 4.84. The Morgan fingerprint density at radius 3 is 1.68 bits per heavy atom. The highest BCUT2D eigenvalue weighted by Gasteiger charge is 2.39. The molecular formula is C15H35NO3S2Si. The lowest BCUT2D eigenvalue weighted by Gasteiger charge is -2.29. The van der Waals surface area contributed by atoms with Gasteiger partial charge in [0.05, 0.1) is 0 Å². The molecule has 7 heteroatoms. The largest absolute Gasteiger partial charge is 0.500 e. The van der Waals surface area contributed by atoms with Crippen molar-refractivity contribution in [3.05, 3.63) is 0 Å². The molecule has 0 spiro atoms. The predicted molar refractivity (Wildman–Crippen MR) is 102 cm³/mol. The van der Waals surface area contributed by atoms with Crippen LogP contribution >= 0.6 is 21.8 Å². The van der Waals surface area contributed by atoms with E-state index in [1.807, 2.05) is 42.5 Å². The van der Waals surface area contributed by atoms with Crippen LogP contribution in [0.25, 0.3) is 0 Å². The zero-order valence-corrected chi connectivity index (χ0v) is 18.0. The second-order valence-corrected chi connectivity index (χ2v) is 10.6. The molecule has 0 aromatic carbocycles. The van der Waals surface area contributed by atoms with E-state index >= 15 is 0 Å². The molecule has 0 aliphatic carbocycles. The van der Waals surface area contributed by atoms with E-state index < -0.39 is 8.80 Å². The van der Waals surface area contributed by atoms with Crippen LogP contribution in [0, 0.1) is 0 Å². The zero-order valence-electron chi connectivity index (χ0n) is 15.4. The maximum Gasteiger partial charge on any atom is 0.500 e. The quantitative estimate of drug-likeness (QED) is 0.188. The van der Waals surface area contributed by atoms with Crippen molar-refractivity contribution in [2.75, 3.05) is 25.6 Å². The summed E-state index contributed by atoms with van der Waals surface area (Å²) < 4.78 is 20.1. The molecule has 0 fully saturated rings. The van der Waals surface area contributed by atoms with Gasteiger partial charge in [0.25, 0.3) is 0 Å². The minimum Gasteiger partial charge on any atom is -0.374 e. The van der Waals surface area contributed by atoms with Gasteiger partial charge < -0.3 is 13.3 Å². The minimum atomic E-state index is -2.45. The lowest BCUT2D eigenvalue weighted by Crippen LogP contribution is -2.46. The van der Waals surface area contributed by atoms with Crippen molar-refractivity contribution < 1.29 is 13.3 Å². The van der Waals surface area contributed by atoms with E-state index in [2.05, 4.69) is 32.0 Å². The summed E-state index contributed by atoms with van der Waals surface area (Å²) in [5, 5.41) is 0. The van der Waals surface area contributed by atoms with Gasteiger partial charge in [-0.05, 0) is 65.9 Å². The summed E-state index contributed by atoms with van der Waals surface area (Å²) in [4.78, 5) is 0. The van der Waals surface area contributed by atoms with Crippen molar-refractivity contribution in [3.8, 4) is 0 Å². The van der Waals surface area contributed by atoms with E-state index in [-0.39, 0.29) is 0 Å². The normalized spacial score (nSPS) is 12.8. The van der Waals surface area contributed by atoms with Gasteiger partial charge in [-0.3, -0.25) is 0 Å². The Morgan fingerprint density at radius 1 is 0.864 bits per heavy atom. The summed E-state index contributed by atoms with van der Waals surface area (Å²) in [5.41, 5.74) is 0. The molecule has 0 aromatic rings. The van der Waals surface area contributed by atoms with E-state index in [0.717, 1.165) is 18.2 Å². The summed E-state index contributed by atoms with van der Waals surface area (Å²) in [6.45, 7) is 17.0. The third-order valence-electron chi connectivity index (χ3n) is 2.96. The van der Waals surface area contributed by atoms with Gasteiger partial charge in [-0.15, -0.1) is 0 Å². The Kier molecular flexibility index (Phi) is 13.5. The van der Waals surface area contributed by atoms with Crippen LogP contribution in [0.3, 0.4) is 0 Å². The van der Waals surface area contributed by atoms with Crippen molar-refractivity contribution in [3.63, 3.8) is 0 Å². The Bertz CT molecular complexity index is 246. The molecule has 0 radical (unpaired) electrons. The molecule has 0 unspecified atom stereocenters. The summed E-state index contributed by atoms with van der Waals surface area (Å²) >= 11 is 0. The average molecular weight is 370 g/mol. The van der Waals surface area contributed by atoms with Gasteiger partial charge in [0.15, 0.2) is 0 Å². The van der Waals surface area contributed by atoms with Gasteiger partial charge in [0, 0.05) is 43.7 Å². The van der Waals surface area contributed by atoms with Gasteiger partial charge in [-0.2, -0.15) is 0 Å². The van der Waals surface area contributed by atoms with Gasteiger partial charge in [0.2, 0.25) is 0 Å². The van der Waals surface area contributed by atoms with Gasteiger partial charge >= 0.3 is 8.80 Å². The highest BCUT2D eigenvalue weighted by atomic mass is 33.1.